The summed E-state index contributed by atoms with van der Waals surface area (Å²) in [6.07, 6.45) is 0. The summed E-state index contributed by atoms with van der Waals surface area (Å²) in [5.41, 5.74) is 0. The smallest absolute Gasteiger partial charge is 0.0885 e. The lowest BCUT2D eigenvalue weighted by molar-refractivity contribution is 0.685. The van der Waals surface area contributed by atoms with Crippen LogP contribution in [0.2, 0.25) is 25.7 Å². The molecule has 0 spiro atoms. The largest absolute Gasteiger partial charge is 0.252 e. The van der Waals surface area contributed by atoms with E-state index >= 15 is 0 Å². The standard InChI is InChI=1S/C5H15NOSSi/c1-9(2,3)5-4-8(6)7/h4-6H2,1-3H3/t8-/m0/s1. The van der Waals surface area contributed by atoms with Gasteiger partial charge in [-0.05, 0) is 6.04 Å². The molecule has 9 heavy (non-hydrogen) atoms. The molecule has 0 aliphatic carbocycles. The van der Waals surface area contributed by atoms with Crippen LogP contribution in [0, 0.1) is 0 Å². The normalized spacial score (nSPS) is 15.6. The van der Waals surface area contributed by atoms with Crippen molar-refractivity contribution in [3.8, 4) is 0 Å². The molecule has 0 aromatic heterocycles. The Morgan fingerprint density at radius 3 is 2.00 bits per heavy atom. The summed E-state index contributed by atoms with van der Waals surface area (Å²) in [6.45, 7) is 6.75. The van der Waals surface area contributed by atoms with Crippen molar-refractivity contribution in [2.45, 2.75) is 25.7 Å². The first-order valence-corrected chi connectivity index (χ1v) is 8.13. The fraction of sp³-hybridized carbons (Fsp3) is 1.00. The average Bonchev–Trinajstić information content (AvgIpc) is 1.59. The van der Waals surface area contributed by atoms with Crippen LogP contribution in [0.15, 0.2) is 0 Å². The molecular weight excluding hydrogens is 150 g/mol. The zero-order valence-electron chi connectivity index (χ0n) is 6.31. The molecule has 0 fully saturated rings. The molecular formula is C5H15NOSSi. The molecule has 0 aromatic carbocycles. The summed E-state index contributed by atoms with van der Waals surface area (Å²) in [6, 6.07) is 1.07. The minimum absolute atomic E-state index is 0.676. The molecule has 0 saturated heterocycles. The summed E-state index contributed by atoms with van der Waals surface area (Å²) in [4.78, 5) is 0. The second-order valence-electron chi connectivity index (χ2n) is 3.40. The van der Waals surface area contributed by atoms with E-state index in [-0.39, 0.29) is 0 Å². The molecule has 4 heteroatoms. The van der Waals surface area contributed by atoms with Crippen molar-refractivity contribution in [3.63, 3.8) is 0 Å². The van der Waals surface area contributed by atoms with E-state index in [1.54, 1.807) is 0 Å². The van der Waals surface area contributed by atoms with Crippen molar-refractivity contribution in [1.82, 2.24) is 0 Å². The number of hydrogen-bond acceptors (Lipinski definition) is 1. The summed E-state index contributed by atoms with van der Waals surface area (Å²) in [5, 5.41) is 5.09. The van der Waals surface area contributed by atoms with E-state index in [1.807, 2.05) is 0 Å². The molecule has 0 rings (SSSR count). The third-order valence-electron chi connectivity index (χ3n) is 1.05. The second-order valence-corrected chi connectivity index (χ2v) is 10.2. The highest BCUT2D eigenvalue weighted by Gasteiger charge is 2.12. The van der Waals surface area contributed by atoms with E-state index in [0.717, 1.165) is 6.04 Å². The van der Waals surface area contributed by atoms with E-state index in [2.05, 4.69) is 19.6 Å². The Morgan fingerprint density at radius 1 is 1.44 bits per heavy atom. The minimum atomic E-state index is -1.08. The Hall–Kier alpha value is 0.327. The molecule has 0 aromatic rings. The predicted octanol–water partition coefficient (Wildman–Crippen LogP) is 0.947. The summed E-state index contributed by atoms with van der Waals surface area (Å²) in [7, 11) is -2.07. The first-order chi connectivity index (χ1) is 3.92. The highest BCUT2D eigenvalue weighted by Crippen LogP contribution is 2.06. The van der Waals surface area contributed by atoms with Crippen molar-refractivity contribution in [2.75, 3.05) is 5.75 Å². The minimum Gasteiger partial charge on any atom is -0.252 e. The molecule has 0 amide bonds. The average molecular weight is 165 g/mol. The molecule has 2 N–H and O–H groups in total. The van der Waals surface area contributed by atoms with Gasteiger partial charge in [0, 0.05) is 13.8 Å². The fourth-order valence-corrected chi connectivity index (χ4v) is 3.66. The number of rotatable bonds is 3. The third kappa shape index (κ3) is 8.33. The van der Waals surface area contributed by atoms with Crippen molar-refractivity contribution in [2.24, 2.45) is 5.14 Å². The summed E-state index contributed by atoms with van der Waals surface area (Å²) < 4.78 is 10.4. The monoisotopic (exact) mass is 165 g/mol. The van der Waals surface area contributed by atoms with Gasteiger partial charge >= 0.3 is 0 Å². The van der Waals surface area contributed by atoms with E-state index in [0.29, 0.717) is 5.75 Å². The van der Waals surface area contributed by atoms with Crippen molar-refractivity contribution < 1.29 is 4.21 Å². The molecule has 0 bridgehead atoms. The highest BCUT2D eigenvalue weighted by atomic mass is 32.2. The lowest BCUT2D eigenvalue weighted by atomic mass is 11.0. The molecule has 56 valence electrons. The first-order valence-electron chi connectivity index (χ1n) is 3.04. The molecule has 0 saturated carbocycles. The van der Waals surface area contributed by atoms with E-state index in [1.165, 1.54) is 0 Å². The quantitative estimate of drug-likeness (QED) is 0.622. The van der Waals surface area contributed by atoms with Crippen LogP contribution in [0.25, 0.3) is 0 Å². The van der Waals surface area contributed by atoms with Gasteiger partial charge in [0.15, 0.2) is 0 Å². The molecule has 0 aliphatic rings. The number of nitrogens with two attached hydrogens (primary N) is 1. The third-order valence-corrected chi connectivity index (χ3v) is 3.77. The SMILES string of the molecule is C[Si](C)(C)CC[S@@](N)=O. The maximum Gasteiger partial charge on any atom is 0.0885 e. The van der Waals surface area contributed by atoms with Crippen LogP contribution in [0.5, 0.6) is 0 Å². The van der Waals surface area contributed by atoms with Gasteiger partial charge in [0.05, 0.1) is 11.0 Å². The van der Waals surface area contributed by atoms with Crippen LogP contribution in [0.4, 0.5) is 0 Å². The molecule has 2 nitrogen and oxygen atoms in total. The van der Waals surface area contributed by atoms with Crippen LogP contribution in [0.3, 0.4) is 0 Å². The van der Waals surface area contributed by atoms with Crippen LogP contribution in [-0.2, 0) is 11.0 Å². The van der Waals surface area contributed by atoms with Gasteiger partial charge in [-0.25, -0.2) is 4.21 Å². The Kier molecular flexibility index (Phi) is 3.61. The predicted molar refractivity (Wildman–Crippen MR) is 45.3 cm³/mol. The van der Waals surface area contributed by atoms with Crippen molar-refractivity contribution in [1.29, 1.82) is 0 Å². The van der Waals surface area contributed by atoms with E-state index in [9.17, 15) is 4.21 Å². The van der Waals surface area contributed by atoms with E-state index in [4.69, 9.17) is 5.14 Å². The summed E-state index contributed by atoms with van der Waals surface area (Å²) >= 11 is 0. The first kappa shape index (κ1) is 9.33. The Balaban J connectivity index is 3.39. The lowest BCUT2D eigenvalue weighted by Gasteiger charge is -2.13. The van der Waals surface area contributed by atoms with Gasteiger partial charge in [-0.3, -0.25) is 5.14 Å². The van der Waals surface area contributed by atoms with Gasteiger partial charge in [-0.1, -0.05) is 19.6 Å². The van der Waals surface area contributed by atoms with E-state index < -0.39 is 19.1 Å². The topological polar surface area (TPSA) is 43.1 Å². The summed E-state index contributed by atoms with van der Waals surface area (Å²) in [5.74, 6) is 0.676. The van der Waals surface area contributed by atoms with Gasteiger partial charge < -0.3 is 0 Å². The fourth-order valence-electron chi connectivity index (χ4n) is 0.407. The van der Waals surface area contributed by atoms with Gasteiger partial charge in [-0.2, -0.15) is 0 Å². The Labute approximate surface area is 60.4 Å². The lowest BCUT2D eigenvalue weighted by Crippen LogP contribution is -2.23. The Bertz CT molecular complexity index is 110. The van der Waals surface area contributed by atoms with Crippen LogP contribution < -0.4 is 5.14 Å². The van der Waals surface area contributed by atoms with Crippen LogP contribution in [-0.4, -0.2) is 18.0 Å². The molecule has 0 aliphatic heterocycles. The van der Waals surface area contributed by atoms with Crippen LogP contribution in [0.1, 0.15) is 0 Å². The van der Waals surface area contributed by atoms with Crippen LogP contribution >= 0.6 is 0 Å². The number of hydrogen-bond donors (Lipinski definition) is 1. The Morgan fingerprint density at radius 2 is 1.89 bits per heavy atom. The van der Waals surface area contributed by atoms with Crippen molar-refractivity contribution >= 4 is 19.1 Å². The molecule has 0 radical (unpaired) electrons. The molecule has 0 heterocycles. The second kappa shape index (κ2) is 3.48. The van der Waals surface area contributed by atoms with Gasteiger partial charge in [0.2, 0.25) is 0 Å². The highest BCUT2D eigenvalue weighted by molar-refractivity contribution is 7.82. The van der Waals surface area contributed by atoms with Crippen molar-refractivity contribution in [3.05, 3.63) is 0 Å². The zero-order valence-corrected chi connectivity index (χ0v) is 8.12. The molecule has 1 atom stereocenters. The van der Waals surface area contributed by atoms with Gasteiger partial charge in [0.25, 0.3) is 0 Å². The zero-order chi connectivity index (χ0) is 7.49. The van der Waals surface area contributed by atoms with Gasteiger partial charge in [-0.15, -0.1) is 0 Å². The maximum absolute atomic E-state index is 10.4. The molecule has 0 unspecified atom stereocenters. The maximum atomic E-state index is 10.4. The van der Waals surface area contributed by atoms with Gasteiger partial charge in [0.1, 0.15) is 0 Å².